The lowest BCUT2D eigenvalue weighted by Gasteiger charge is -2.33. The number of rotatable bonds is 5. The summed E-state index contributed by atoms with van der Waals surface area (Å²) in [4.78, 5) is 8.22. The maximum Gasteiger partial charge on any atom is 0.243 e. The van der Waals surface area contributed by atoms with E-state index in [4.69, 9.17) is 4.42 Å². The molecule has 0 radical (unpaired) electrons. The van der Waals surface area contributed by atoms with Gasteiger partial charge in [-0.3, -0.25) is 4.90 Å². The second-order valence-corrected chi connectivity index (χ2v) is 9.38. The second-order valence-electron chi connectivity index (χ2n) is 6.49. The maximum absolute atomic E-state index is 12.7. The van der Waals surface area contributed by atoms with E-state index in [1.807, 2.05) is 30.5 Å². The Morgan fingerprint density at radius 2 is 1.81 bits per heavy atom. The van der Waals surface area contributed by atoms with Crippen LogP contribution in [0.4, 0.5) is 0 Å². The van der Waals surface area contributed by atoms with Gasteiger partial charge in [0.15, 0.2) is 0 Å². The summed E-state index contributed by atoms with van der Waals surface area (Å²) < 4.78 is 32.8. The summed E-state index contributed by atoms with van der Waals surface area (Å²) in [6, 6.07) is 12.6. The summed E-state index contributed by atoms with van der Waals surface area (Å²) in [6.07, 6.45) is 0. The number of aryl methyl sites for hydroxylation is 1. The molecule has 1 fully saturated rings. The van der Waals surface area contributed by atoms with Crippen LogP contribution < -0.4 is 0 Å². The average molecular weight is 404 g/mol. The second kappa shape index (κ2) is 7.55. The van der Waals surface area contributed by atoms with E-state index in [9.17, 15) is 8.42 Å². The van der Waals surface area contributed by atoms with E-state index in [1.165, 1.54) is 0 Å². The van der Waals surface area contributed by atoms with Crippen LogP contribution in [-0.2, 0) is 16.6 Å². The van der Waals surface area contributed by atoms with Crippen molar-refractivity contribution in [2.75, 3.05) is 26.2 Å². The molecule has 3 aromatic rings. The van der Waals surface area contributed by atoms with Gasteiger partial charge in [-0.2, -0.15) is 4.31 Å². The third-order valence-corrected chi connectivity index (χ3v) is 7.48. The molecule has 2 aromatic heterocycles. The molecule has 0 amide bonds. The van der Waals surface area contributed by atoms with Crippen molar-refractivity contribution in [3.8, 4) is 10.8 Å². The molecular formula is C19H21N3O3S2. The van der Waals surface area contributed by atoms with Gasteiger partial charge in [-0.15, -0.1) is 11.3 Å². The first-order valence-corrected chi connectivity index (χ1v) is 11.1. The van der Waals surface area contributed by atoms with Crippen LogP contribution in [0.2, 0.25) is 0 Å². The van der Waals surface area contributed by atoms with Crippen molar-refractivity contribution in [2.45, 2.75) is 18.4 Å². The van der Waals surface area contributed by atoms with Gasteiger partial charge in [0.1, 0.15) is 5.76 Å². The highest BCUT2D eigenvalue weighted by Gasteiger charge is 2.29. The third kappa shape index (κ3) is 3.84. The van der Waals surface area contributed by atoms with Crippen molar-refractivity contribution in [3.05, 3.63) is 59.3 Å². The summed E-state index contributed by atoms with van der Waals surface area (Å²) in [7, 11) is -3.42. The van der Waals surface area contributed by atoms with Gasteiger partial charge in [-0.05, 0) is 30.5 Å². The predicted molar refractivity (Wildman–Crippen MR) is 105 cm³/mol. The van der Waals surface area contributed by atoms with Crippen LogP contribution in [0.1, 0.15) is 11.5 Å². The minimum atomic E-state index is -3.42. The van der Waals surface area contributed by atoms with E-state index in [-0.39, 0.29) is 0 Å². The van der Waals surface area contributed by atoms with Crippen LogP contribution in [0, 0.1) is 6.92 Å². The Labute approximate surface area is 163 Å². The molecule has 0 spiro atoms. The molecule has 0 unspecified atom stereocenters. The normalized spacial score (nSPS) is 16.6. The van der Waals surface area contributed by atoms with Gasteiger partial charge in [0.2, 0.25) is 15.9 Å². The van der Waals surface area contributed by atoms with Gasteiger partial charge >= 0.3 is 0 Å². The molecule has 1 aliphatic rings. The summed E-state index contributed by atoms with van der Waals surface area (Å²) in [6.45, 7) is 4.90. The van der Waals surface area contributed by atoms with Crippen molar-refractivity contribution in [2.24, 2.45) is 0 Å². The predicted octanol–water partition coefficient (Wildman–Crippen LogP) is 3.22. The summed E-state index contributed by atoms with van der Waals surface area (Å²) >= 11 is 1.60. The number of hydrogen-bond donors (Lipinski definition) is 0. The molecule has 27 heavy (non-hydrogen) atoms. The first-order chi connectivity index (χ1) is 13.0. The number of thiophene rings is 1. The number of aromatic nitrogens is 1. The first kappa shape index (κ1) is 18.4. The SMILES string of the molecule is Cc1oc(-c2cccs2)nc1CN1CCN(S(=O)(=O)c2ccccc2)CC1. The van der Waals surface area contributed by atoms with Crippen molar-refractivity contribution < 1.29 is 12.8 Å². The molecule has 142 valence electrons. The van der Waals surface area contributed by atoms with Crippen LogP contribution in [-0.4, -0.2) is 48.8 Å². The van der Waals surface area contributed by atoms with Gasteiger partial charge < -0.3 is 4.42 Å². The quantitative estimate of drug-likeness (QED) is 0.654. The molecule has 0 N–H and O–H groups in total. The van der Waals surface area contributed by atoms with Crippen molar-refractivity contribution in [1.29, 1.82) is 0 Å². The zero-order valence-corrected chi connectivity index (χ0v) is 16.7. The molecule has 0 aliphatic carbocycles. The minimum absolute atomic E-state index is 0.353. The Morgan fingerprint density at radius 1 is 1.07 bits per heavy atom. The summed E-state index contributed by atoms with van der Waals surface area (Å²) in [5.41, 5.74) is 0.915. The minimum Gasteiger partial charge on any atom is -0.440 e. The standard InChI is InChI=1S/C19H21N3O3S2/c1-15-17(20-19(25-15)18-8-5-13-26-18)14-21-9-11-22(12-10-21)27(23,24)16-6-3-2-4-7-16/h2-8,13H,9-12,14H2,1H3. The highest BCUT2D eigenvalue weighted by Crippen LogP contribution is 2.27. The first-order valence-electron chi connectivity index (χ1n) is 8.82. The van der Waals surface area contributed by atoms with Crippen molar-refractivity contribution in [1.82, 2.24) is 14.2 Å². The molecule has 3 heterocycles. The fourth-order valence-corrected chi connectivity index (χ4v) is 5.25. The number of oxazole rings is 1. The van der Waals surface area contributed by atoms with Gasteiger partial charge in [0, 0.05) is 32.7 Å². The fraction of sp³-hybridized carbons (Fsp3) is 0.316. The highest BCUT2D eigenvalue weighted by atomic mass is 32.2. The van der Waals surface area contributed by atoms with E-state index in [1.54, 1.807) is 39.9 Å². The molecule has 4 rings (SSSR count). The lowest BCUT2D eigenvalue weighted by molar-refractivity contribution is 0.179. The largest absolute Gasteiger partial charge is 0.440 e. The lowest BCUT2D eigenvalue weighted by Crippen LogP contribution is -2.48. The third-order valence-electron chi connectivity index (χ3n) is 4.71. The van der Waals surface area contributed by atoms with Crippen LogP contribution in [0.15, 0.2) is 57.2 Å². The van der Waals surface area contributed by atoms with E-state index in [2.05, 4.69) is 9.88 Å². The number of nitrogens with zero attached hydrogens (tertiary/aromatic N) is 3. The Kier molecular flexibility index (Phi) is 5.14. The molecule has 0 atom stereocenters. The maximum atomic E-state index is 12.7. The molecule has 0 bridgehead atoms. The van der Waals surface area contributed by atoms with Crippen LogP contribution in [0.5, 0.6) is 0 Å². The smallest absolute Gasteiger partial charge is 0.243 e. The lowest BCUT2D eigenvalue weighted by atomic mass is 10.3. The van der Waals surface area contributed by atoms with Gasteiger partial charge in [0.25, 0.3) is 0 Å². The summed E-state index contributed by atoms with van der Waals surface area (Å²) in [5.74, 6) is 1.47. The topological polar surface area (TPSA) is 66.7 Å². The molecule has 1 aromatic carbocycles. The number of piperazine rings is 1. The van der Waals surface area contributed by atoms with Crippen LogP contribution in [0.25, 0.3) is 10.8 Å². The van der Waals surface area contributed by atoms with Gasteiger partial charge in [0.05, 0.1) is 15.5 Å². The Bertz CT molecular complexity index is 990. The Balaban J connectivity index is 1.40. The molecule has 1 aliphatic heterocycles. The Morgan fingerprint density at radius 3 is 2.48 bits per heavy atom. The Hall–Kier alpha value is -2.00. The monoisotopic (exact) mass is 403 g/mol. The van der Waals surface area contributed by atoms with E-state index in [0.29, 0.717) is 43.5 Å². The van der Waals surface area contributed by atoms with E-state index >= 15 is 0 Å². The molecule has 8 heteroatoms. The molecule has 0 saturated carbocycles. The highest BCUT2D eigenvalue weighted by molar-refractivity contribution is 7.89. The average Bonchev–Trinajstić information content (AvgIpc) is 3.33. The van der Waals surface area contributed by atoms with Crippen LogP contribution in [0.3, 0.4) is 0 Å². The fourth-order valence-electron chi connectivity index (χ4n) is 3.16. The zero-order chi connectivity index (χ0) is 18.9. The molecular weight excluding hydrogens is 382 g/mol. The number of sulfonamides is 1. The van der Waals surface area contributed by atoms with Crippen LogP contribution >= 0.6 is 11.3 Å². The van der Waals surface area contributed by atoms with Gasteiger partial charge in [-0.1, -0.05) is 24.3 Å². The van der Waals surface area contributed by atoms with Crippen molar-refractivity contribution in [3.63, 3.8) is 0 Å². The van der Waals surface area contributed by atoms with Gasteiger partial charge in [-0.25, -0.2) is 13.4 Å². The molecule has 1 saturated heterocycles. The van der Waals surface area contributed by atoms with E-state index < -0.39 is 10.0 Å². The summed E-state index contributed by atoms with van der Waals surface area (Å²) in [5, 5.41) is 2.00. The number of hydrogen-bond acceptors (Lipinski definition) is 6. The number of benzene rings is 1. The van der Waals surface area contributed by atoms with E-state index in [0.717, 1.165) is 16.3 Å². The van der Waals surface area contributed by atoms with Crippen molar-refractivity contribution >= 4 is 21.4 Å². The zero-order valence-electron chi connectivity index (χ0n) is 15.0. The molecule has 6 nitrogen and oxygen atoms in total.